The molecule has 0 atom stereocenters. The Labute approximate surface area is 215 Å². The Kier molecular flexibility index (Phi) is 15.7. The van der Waals surface area contributed by atoms with Crippen molar-refractivity contribution in [3.63, 3.8) is 0 Å². The molecule has 0 bridgehead atoms. The SMILES string of the molecule is C=C(C=C(C)C)c1ccccc1O.CCCNC(=O)c1c(O)cccc1F.CN=CC(NC)=C(C)C. The molecule has 0 unspecified atom stereocenters. The minimum Gasteiger partial charge on any atom is -0.507 e. The van der Waals surface area contributed by atoms with Crippen molar-refractivity contribution in [1.82, 2.24) is 10.6 Å². The molecule has 0 aliphatic rings. The molecular weight excluding hydrogens is 457 g/mol. The van der Waals surface area contributed by atoms with Crippen molar-refractivity contribution in [2.45, 2.75) is 41.0 Å². The number of para-hydroxylation sites is 1. The highest BCUT2D eigenvalue weighted by Gasteiger charge is 2.15. The molecule has 196 valence electrons. The van der Waals surface area contributed by atoms with Crippen molar-refractivity contribution < 1.29 is 19.4 Å². The molecular formula is C29H40FN3O3. The Morgan fingerprint density at radius 2 is 1.67 bits per heavy atom. The molecule has 0 radical (unpaired) electrons. The summed E-state index contributed by atoms with van der Waals surface area (Å²) in [5, 5.41) is 24.3. The second-order valence-corrected chi connectivity index (χ2v) is 8.20. The third-order valence-electron chi connectivity index (χ3n) is 4.53. The number of phenolic OH excluding ortho intramolecular Hbond substituents is 2. The smallest absolute Gasteiger partial charge is 0.258 e. The molecule has 0 saturated carbocycles. The number of halogens is 1. The van der Waals surface area contributed by atoms with Crippen molar-refractivity contribution >= 4 is 17.7 Å². The molecule has 1 amide bonds. The van der Waals surface area contributed by atoms with Crippen molar-refractivity contribution in [3.05, 3.63) is 88.9 Å². The fraction of sp³-hybridized carbons (Fsp3) is 0.310. The maximum absolute atomic E-state index is 13.1. The molecule has 7 heteroatoms. The fourth-order valence-electron chi connectivity index (χ4n) is 2.81. The summed E-state index contributed by atoms with van der Waals surface area (Å²) in [6.45, 7) is 14.4. The molecule has 4 N–H and O–H groups in total. The first kappa shape index (κ1) is 32.1. The van der Waals surface area contributed by atoms with E-state index in [0.717, 1.165) is 29.3 Å². The number of carbonyl (C=O) groups is 1. The van der Waals surface area contributed by atoms with Gasteiger partial charge in [-0.15, -0.1) is 0 Å². The average Bonchev–Trinajstić information content (AvgIpc) is 2.81. The quantitative estimate of drug-likeness (QED) is 0.269. The van der Waals surface area contributed by atoms with Gasteiger partial charge in [0.15, 0.2) is 0 Å². The predicted octanol–water partition coefficient (Wildman–Crippen LogP) is 6.24. The summed E-state index contributed by atoms with van der Waals surface area (Å²) in [5.41, 5.74) is 4.87. The minimum absolute atomic E-state index is 0.282. The fourth-order valence-corrected chi connectivity index (χ4v) is 2.81. The summed E-state index contributed by atoms with van der Waals surface area (Å²) in [7, 11) is 3.66. The molecule has 0 heterocycles. The number of aromatic hydroxyl groups is 2. The molecule has 0 saturated heterocycles. The summed E-state index contributed by atoms with van der Waals surface area (Å²) in [6, 6.07) is 11.0. The normalized spacial score (nSPS) is 9.67. The summed E-state index contributed by atoms with van der Waals surface area (Å²) < 4.78 is 13.1. The van der Waals surface area contributed by atoms with Crippen LogP contribution in [0.1, 0.15) is 57.0 Å². The largest absolute Gasteiger partial charge is 0.507 e. The number of nitrogens with one attached hydrogen (secondary N) is 2. The van der Waals surface area contributed by atoms with Gasteiger partial charge < -0.3 is 20.8 Å². The molecule has 0 aromatic heterocycles. The van der Waals surface area contributed by atoms with Gasteiger partial charge in [-0.1, -0.05) is 55.0 Å². The lowest BCUT2D eigenvalue weighted by molar-refractivity contribution is 0.0946. The lowest BCUT2D eigenvalue weighted by atomic mass is 10.0. The van der Waals surface area contributed by atoms with Gasteiger partial charge in [0.1, 0.15) is 22.9 Å². The molecule has 0 aliphatic heterocycles. The minimum atomic E-state index is -0.710. The lowest BCUT2D eigenvalue weighted by Crippen LogP contribution is -2.25. The predicted molar refractivity (Wildman–Crippen MR) is 149 cm³/mol. The zero-order valence-corrected chi connectivity index (χ0v) is 22.4. The highest BCUT2D eigenvalue weighted by molar-refractivity contribution is 5.97. The van der Waals surface area contributed by atoms with E-state index in [1.54, 1.807) is 19.2 Å². The maximum atomic E-state index is 13.1. The molecule has 0 aliphatic carbocycles. The second kappa shape index (κ2) is 17.5. The van der Waals surface area contributed by atoms with Crippen LogP contribution in [0.5, 0.6) is 11.5 Å². The Hall–Kier alpha value is -3.87. The Morgan fingerprint density at radius 3 is 2.11 bits per heavy atom. The lowest BCUT2D eigenvalue weighted by Gasteiger charge is -2.05. The van der Waals surface area contributed by atoms with E-state index in [0.29, 0.717) is 6.54 Å². The number of hydrogen-bond donors (Lipinski definition) is 4. The number of allylic oxidation sites excluding steroid dienone is 5. The van der Waals surface area contributed by atoms with Gasteiger partial charge in [0.25, 0.3) is 5.91 Å². The van der Waals surface area contributed by atoms with E-state index in [1.807, 2.05) is 66.1 Å². The van der Waals surface area contributed by atoms with Gasteiger partial charge in [-0.3, -0.25) is 9.79 Å². The van der Waals surface area contributed by atoms with Crippen LogP contribution in [-0.4, -0.2) is 43.0 Å². The van der Waals surface area contributed by atoms with Gasteiger partial charge in [-0.2, -0.15) is 0 Å². The van der Waals surface area contributed by atoms with Crippen molar-refractivity contribution in [3.8, 4) is 11.5 Å². The van der Waals surface area contributed by atoms with Gasteiger partial charge in [0, 0.05) is 32.4 Å². The van der Waals surface area contributed by atoms with Gasteiger partial charge in [0.05, 0.1) is 5.70 Å². The number of carbonyl (C=O) groups excluding carboxylic acids is 1. The standard InChI is InChI=1S/C12H14O.C10H12FNO2.C7H14N2/c1-9(2)8-10(3)11-6-4-5-7-12(11)13;1-2-6-12-10(14)9-7(11)4-3-5-8(9)13;1-6(2)7(9-4)5-8-3/h4-8,13H,3H2,1-2H3;3-5,13H,2,6H2,1H3,(H,12,14);5,9H,1-4H3. The third-order valence-corrected chi connectivity index (χ3v) is 4.53. The van der Waals surface area contributed by atoms with Crippen molar-refractivity contribution in [2.75, 3.05) is 20.6 Å². The summed E-state index contributed by atoms with van der Waals surface area (Å²) in [5.74, 6) is -1.34. The van der Waals surface area contributed by atoms with Crippen molar-refractivity contribution in [1.29, 1.82) is 0 Å². The van der Waals surface area contributed by atoms with Crippen LogP contribution in [0.2, 0.25) is 0 Å². The molecule has 2 aromatic carbocycles. The van der Waals surface area contributed by atoms with Gasteiger partial charge in [-0.25, -0.2) is 4.39 Å². The Morgan fingerprint density at radius 1 is 1.06 bits per heavy atom. The maximum Gasteiger partial charge on any atom is 0.258 e. The van der Waals surface area contributed by atoms with Gasteiger partial charge >= 0.3 is 0 Å². The van der Waals surface area contributed by atoms with Crippen LogP contribution >= 0.6 is 0 Å². The first-order valence-electron chi connectivity index (χ1n) is 11.6. The average molecular weight is 498 g/mol. The molecule has 2 aromatic rings. The van der Waals surface area contributed by atoms with Gasteiger partial charge in [-0.05, 0) is 57.9 Å². The topological polar surface area (TPSA) is 94.0 Å². The van der Waals surface area contributed by atoms with E-state index in [-0.39, 0.29) is 17.1 Å². The third kappa shape index (κ3) is 12.0. The van der Waals surface area contributed by atoms with E-state index in [9.17, 15) is 19.4 Å². The second-order valence-electron chi connectivity index (χ2n) is 8.20. The first-order chi connectivity index (χ1) is 17.0. The van der Waals surface area contributed by atoms with Crippen LogP contribution in [0.3, 0.4) is 0 Å². The highest BCUT2D eigenvalue weighted by Crippen LogP contribution is 2.24. The molecule has 0 spiro atoms. The zero-order valence-electron chi connectivity index (χ0n) is 22.4. The zero-order chi connectivity index (χ0) is 27.7. The Bertz CT molecular complexity index is 1060. The highest BCUT2D eigenvalue weighted by atomic mass is 19.1. The number of hydrogen-bond acceptors (Lipinski definition) is 5. The van der Waals surface area contributed by atoms with Crippen LogP contribution in [0.25, 0.3) is 5.57 Å². The number of phenols is 2. The number of nitrogens with zero attached hydrogens (tertiary/aromatic N) is 1. The van der Waals surface area contributed by atoms with E-state index in [4.69, 9.17) is 0 Å². The van der Waals surface area contributed by atoms with Crippen molar-refractivity contribution in [2.24, 2.45) is 4.99 Å². The van der Waals surface area contributed by atoms with E-state index in [1.165, 1.54) is 23.3 Å². The van der Waals surface area contributed by atoms with Crippen LogP contribution < -0.4 is 10.6 Å². The molecule has 36 heavy (non-hydrogen) atoms. The number of amides is 1. The Balaban J connectivity index is 0.000000524. The first-order valence-corrected chi connectivity index (χ1v) is 11.6. The molecule has 0 fully saturated rings. The molecule has 2 rings (SSSR count). The van der Waals surface area contributed by atoms with Gasteiger partial charge in [0.2, 0.25) is 0 Å². The van der Waals surface area contributed by atoms with E-state index >= 15 is 0 Å². The van der Waals surface area contributed by atoms with Crippen LogP contribution in [-0.2, 0) is 0 Å². The van der Waals surface area contributed by atoms with E-state index < -0.39 is 11.7 Å². The van der Waals surface area contributed by atoms with E-state index in [2.05, 4.69) is 22.2 Å². The summed E-state index contributed by atoms with van der Waals surface area (Å²) >= 11 is 0. The van der Waals surface area contributed by atoms with Crippen LogP contribution in [0, 0.1) is 5.82 Å². The van der Waals surface area contributed by atoms with Crippen LogP contribution in [0.4, 0.5) is 4.39 Å². The number of benzene rings is 2. The summed E-state index contributed by atoms with van der Waals surface area (Å²) in [6.07, 6.45) is 4.53. The summed E-state index contributed by atoms with van der Waals surface area (Å²) in [4.78, 5) is 15.2. The monoisotopic (exact) mass is 497 g/mol. The number of aliphatic imine (C=N–C) groups is 1. The van der Waals surface area contributed by atoms with Crippen LogP contribution in [0.15, 0.2) is 77.0 Å². The molecule has 6 nitrogen and oxygen atoms in total. The number of rotatable bonds is 7.